The fraction of sp³-hybridized carbons (Fsp3) is 0.455. The minimum Gasteiger partial charge on any atom is -0.389 e. The van der Waals surface area contributed by atoms with Crippen LogP contribution in [0.1, 0.15) is 26.3 Å². The third kappa shape index (κ3) is 2.89. The molecule has 4 heteroatoms. The summed E-state index contributed by atoms with van der Waals surface area (Å²) in [6.07, 6.45) is 1.72. The van der Waals surface area contributed by atoms with Gasteiger partial charge in [0.1, 0.15) is 10.8 Å². The van der Waals surface area contributed by atoms with E-state index in [2.05, 4.69) is 30.7 Å². The minimum absolute atomic E-state index is 0.390. The highest BCUT2D eigenvalue weighted by Gasteiger charge is 2.09. The van der Waals surface area contributed by atoms with Crippen molar-refractivity contribution in [1.29, 1.82) is 0 Å². The first kappa shape index (κ1) is 11.9. The molecule has 0 unspecified atom stereocenters. The summed E-state index contributed by atoms with van der Waals surface area (Å²) >= 11 is 4.88. The van der Waals surface area contributed by atoms with Gasteiger partial charge in [-0.2, -0.15) is 0 Å². The predicted molar refractivity (Wildman–Crippen MR) is 68.3 cm³/mol. The molecule has 0 aliphatic rings. The van der Waals surface area contributed by atoms with Crippen molar-refractivity contribution in [3.63, 3.8) is 0 Å². The van der Waals surface area contributed by atoms with Crippen LogP contribution in [0.15, 0.2) is 18.3 Å². The lowest BCUT2D eigenvalue weighted by Crippen LogP contribution is -2.31. The maximum absolute atomic E-state index is 5.51. The molecule has 1 aromatic heterocycles. The Morgan fingerprint density at radius 3 is 2.53 bits per heavy atom. The van der Waals surface area contributed by atoms with E-state index < -0.39 is 0 Å². The Bertz CT molecular complexity index is 332. The van der Waals surface area contributed by atoms with E-state index >= 15 is 0 Å². The van der Waals surface area contributed by atoms with Crippen molar-refractivity contribution in [2.45, 2.75) is 26.8 Å². The van der Waals surface area contributed by atoms with E-state index in [-0.39, 0.29) is 0 Å². The second kappa shape index (κ2) is 5.07. The molecule has 0 fully saturated rings. The molecule has 0 amide bonds. The largest absolute Gasteiger partial charge is 0.389 e. The molecule has 15 heavy (non-hydrogen) atoms. The first-order valence-corrected chi connectivity index (χ1v) is 5.49. The van der Waals surface area contributed by atoms with Gasteiger partial charge in [-0.15, -0.1) is 0 Å². The van der Waals surface area contributed by atoms with Crippen LogP contribution in [0, 0.1) is 0 Å². The van der Waals surface area contributed by atoms with Crippen LogP contribution in [-0.4, -0.2) is 22.6 Å². The summed E-state index contributed by atoms with van der Waals surface area (Å²) in [5, 5.41) is 0. The Balaban J connectivity index is 2.92. The Morgan fingerprint density at radius 2 is 2.20 bits per heavy atom. The van der Waals surface area contributed by atoms with E-state index in [0.29, 0.717) is 11.0 Å². The zero-order valence-corrected chi connectivity index (χ0v) is 10.2. The van der Waals surface area contributed by atoms with E-state index in [4.69, 9.17) is 18.0 Å². The number of nitrogens with two attached hydrogens (primary N) is 1. The Labute approximate surface area is 96.3 Å². The molecular weight excluding hydrogens is 206 g/mol. The highest BCUT2D eigenvalue weighted by atomic mass is 32.1. The van der Waals surface area contributed by atoms with E-state index in [0.717, 1.165) is 17.9 Å². The number of hydrogen-bond acceptors (Lipinski definition) is 3. The van der Waals surface area contributed by atoms with Gasteiger partial charge in [-0.25, -0.2) is 4.98 Å². The first-order valence-electron chi connectivity index (χ1n) is 5.08. The Morgan fingerprint density at radius 1 is 1.53 bits per heavy atom. The van der Waals surface area contributed by atoms with Crippen LogP contribution in [0.2, 0.25) is 0 Å². The molecule has 0 bridgehead atoms. The van der Waals surface area contributed by atoms with Gasteiger partial charge in [-0.3, -0.25) is 0 Å². The second-order valence-corrected chi connectivity index (χ2v) is 4.09. The van der Waals surface area contributed by atoms with E-state index in [1.165, 1.54) is 0 Å². The maximum Gasteiger partial charge on any atom is 0.128 e. The predicted octanol–water partition coefficient (Wildman–Crippen LogP) is 1.95. The van der Waals surface area contributed by atoms with Gasteiger partial charge in [0.2, 0.25) is 0 Å². The second-order valence-electron chi connectivity index (χ2n) is 3.65. The monoisotopic (exact) mass is 223 g/mol. The summed E-state index contributed by atoms with van der Waals surface area (Å²) in [5.41, 5.74) is 6.32. The van der Waals surface area contributed by atoms with Crippen LogP contribution in [0.5, 0.6) is 0 Å². The summed E-state index contributed by atoms with van der Waals surface area (Å²) in [6, 6.07) is 4.31. The van der Waals surface area contributed by atoms with Crippen LogP contribution < -0.4 is 10.6 Å². The molecule has 3 nitrogen and oxygen atoms in total. The van der Waals surface area contributed by atoms with E-state index in [1.807, 2.05) is 12.1 Å². The van der Waals surface area contributed by atoms with Crippen LogP contribution in [0.4, 0.5) is 5.82 Å². The third-order valence-electron chi connectivity index (χ3n) is 2.29. The molecule has 1 rings (SSSR count). The number of thiocarbonyl (C=S) groups is 1. The lowest BCUT2D eigenvalue weighted by atomic mass is 10.2. The van der Waals surface area contributed by atoms with Gasteiger partial charge in [0.05, 0.1) is 0 Å². The van der Waals surface area contributed by atoms with E-state index in [9.17, 15) is 0 Å². The summed E-state index contributed by atoms with van der Waals surface area (Å²) in [6.45, 7) is 7.35. The summed E-state index contributed by atoms with van der Waals surface area (Å²) in [4.78, 5) is 6.95. The molecule has 0 saturated heterocycles. The minimum atomic E-state index is 0.390. The summed E-state index contributed by atoms with van der Waals surface area (Å²) < 4.78 is 0. The molecule has 1 heterocycles. The first-order chi connectivity index (χ1) is 7.06. The number of anilines is 1. The molecule has 0 atom stereocenters. The third-order valence-corrected chi connectivity index (χ3v) is 2.53. The number of aromatic nitrogens is 1. The average molecular weight is 223 g/mol. The standard InChI is InChI=1S/C11H17N3S/c1-4-14(8(2)3)10-6-5-9(7-13-10)11(12)15/h5-8H,4H2,1-3H3,(H2,12,15). The fourth-order valence-electron chi connectivity index (χ4n) is 1.49. The highest BCUT2D eigenvalue weighted by molar-refractivity contribution is 7.80. The smallest absolute Gasteiger partial charge is 0.128 e. The van der Waals surface area contributed by atoms with E-state index in [1.54, 1.807) is 6.20 Å². The molecule has 1 aromatic rings. The molecular formula is C11H17N3S. The number of rotatable bonds is 4. The van der Waals surface area contributed by atoms with Gasteiger partial charge in [-0.1, -0.05) is 12.2 Å². The molecule has 82 valence electrons. The zero-order chi connectivity index (χ0) is 11.4. The van der Waals surface area contributed by atoms with Crippen molar-refractivity contribution in [1.82, 2.24) is 4.98 Å². The number of nitrogens with zero attached hydrogens (tertiary/aromatic N) is 2. The Hall–Kier alpha value is -1.16. The normalized spacial score (nSPS) is 10.4. The van der Waals surface area contributed by atoms with Crippen molar-refractivity contribution in [2.75, 3.05) is 11.4 Å². The van der Waals surface area contributed by atoms with Crippen LogP contribution >= 0.6 is 12.2 Å². The van der Waals surface area contributed by atoms with Gasteiger partial charge in [0, 0.05) is 24.3 Å². The zero-order valence-electron chi connectivity index (χ0n) is 9.40. The fourth-order valence-corrected chi connectivity index (χ4v) is 1.61. The quantitative estimate of drug-likeness (QED) is 0.792. The Kier molecular flexibility index (Phi) is 4.03. The maximum atomic E-state index is 5.51. The van der Waals surface area contributed by atoms with Crippen LogP contribution in [0.25, 0.3) is 0 Å². The van der Waals surface area contributed by atoms with Gasteiger partial charge in [-0.05, 0) is 32.9 Å². The molecule has 0 aliphatic carbocycles. The topological polar surface area (TPSA) is 42.1 Å². The summed E-state index contributed by atoms with van der Waals surface area (Å²) in [5.74, 6) is 0.965. The number of hydrogen-bond donors (Lipinski definition) is 1. The SMILES string of the molecule is CCN(c1ccc(C(N)=S)cn1)C(C)C. The van der Waals surface area contributed by atoms with Gasteiger partial charge in [0.15, 0.2) is 0 Å². The van der Waals surface area contributed by atoms with Gasteiger partial charge in [0.25, 0.3) is 0 Å². The van der Waals surface area contributed by atoms with Crippen molar-refractivity contribution in [3.05, 3.63) is 23.9 Å². The lowest BCUT2D eigenvalue weighted by Gasteiger charge is -2.26. The van der Waals surface area contributed by atoms with Crippen molar-refractivity contribution < 1.29 is 0 Å². The summed E-state index contributed by atoms with van der Waals surface area (Å²) in [7, 11) is 0. The van der Waals surface area contributed by atoms with Crippen LogP contribution in [-0.2, 0) is 0 Å². The molecule has 2 N–H and O–H groups in total. The molecule has 0 saturated carbocycles. The van der Waals surface area contributed by atoms with Gasteiger partial charge >= 0.3 is 0 Å². The molecule has 0 spiro atoms. The molecule has 0 aromatic carbocycles. The average Bonchev–Trinajstić information content (AvgIpc) is 2.19. The van der Waals surface area contributed by atoms with Crippen molar-refractivity contribution in [2.24, 2.45) is 5.73 Å². The molecule has 0 radical (unpaired) electrons. The highest BCUT2D eigenvalue weighted by Crippen LogP contribution is 2.13. The van der Waals surface area contributed by atoms with Crippen LogP contribution in [0.3, 0.4) is 0 Å². The van der Waals surface area contributed by atoms with Gasteiger partial charge < -0.3 is 10.6 Å². The number of pyridine rings is 1. The lowest BCUT2D eigenvalue weighted by molar-refractivity contribution is 0.693. The van der Waals surface area contributed by atoms with Crippen molar-refractivity contribution >= 4 is 23.0 Å². The molecule has 0 aliphatic heterocycles. The van der Waals surface area contributed by atoms with Crippen molar-refractivity contribution in [3.8, 4) is 0 Å².